The molecule has 1 unspecified atom stereocenters. The molecular weight excluding hydrogens is 174 g/mol. The van der Waals surface area contributed by atoms with Crippen LogP contribution in [0, 0.1) is 0 Å². The monoisotopic (exact) mass is 193 g/mol. The van der Waals surface area contributed by atoms with E-state index in [0.29, 0.717) is 6.04 Å². The van der Waals surface area contributed by atoms with Gasteiger partial charge in [0.2, 0.25) is 0 Å². The molecule has 78 valence electrons. The van der Waals surface area contributed by atoms with Gasteiger partial charge in [0.25, 0.3) is 0 Å². The van der Waals surface area contributed by atoms with Gasteiger partial charge in [-0.15, -0.1) is 0 Å². The van der Waals surface area contributed by atoms with E-state index in [0.717, 1.165) is 26.2 Å². The van der Waals surface area contributed by atoms with Crippen molar-refractivity contribution >= 4 is 0 Å². The molecule has 0 radical (unpaired) electrons. The largest absolute Gasteiger partial charge is 0.381 e. The zero-order valence-electron chi connectivity index (χ0n) is 9.01. The number of rotatable bonds is 1. The first-order valence-corrected chi connectivity index (χ1v) is 5.38. The van der Waals surface area contributed by atoms with Crippen molar-refractivity contribution < 1.29 is 0 Å². The standard InChI is InChI=1S/C11H19N3/c1-9-3-4-11(10(2)13-9)14-7-5-12-6-8-14/h3-4,10,12-13H,5-8H2,1-2H3. The van der Waals surface area contributed by atoms with Gasteiger partial charge in [-0.05, 0) is 26.0 Å². The van der Waals surface area contributed by atoms with Crippen molar-refractivity contribution in [1.82, 2.24) is 15.5 Å². The van der Waals surface area contributed by atoms with Crippen molar-refractivity contribution in [2.45, 2.75) is 19.9 Å². The van der Waals surface area contributed by atoms with Gasteiger partial charge >= 0.3 is 0 Å². The Morgan fingerprint density at radius 1 is 1.29 bits per heavy atom. The number of allylic oxidation sites excluding steroid dienone is 3. The number of hydrogen-bond donors (Lipinski definition) is 2. The van der Waals surface area contributed by atoms with Crippen LogP contribution in [-0.4, -0.2) is 37.1 Å². The Hall–Kier alpha value is -0.960. The molecule has 1 saturated heterocycles. The first kappa shape index (κ1) is 9.59. The summed E-state index contributed by atoms with van der Waals surface area (Å²) in [5.41, 5.74) is 2.69. The van der Waals surface area contributed by atoms with Crippen molar-refractivity contribution in [3.8, 4) is 0 Å². The molecule has 0 aromatic rings. The van der Waals surface area contributed by atoms with E-state index < -0.39 is 0 Å². The van der Waals surface area contributed by atoms with Crippen molar-refractivity contribution in [3.63, 3.8) is 0 Å². The highest BCUT2D eigenvalue weighted by atomic mass is 15.2. The molecule has 1 atom stereocenters. The molecule has 0 aromatic heterocycles. The van der Waals surface area contributed by atoms with Gasteiger partial charge < -0.3 is 15.5 Å². The molecule has 2 heterocycles. The Morgan fingerprint density at radius 3 is 2.64 bits per heavy atom. The molecule has 2 aliphatic rings. The van der Waals surface area contributed by atoms with Crippen molar-refractivity contribution in [2.24, 2.45) is 0 Å². The van der Waals surface area contributed by atoms with Gasteiger partial charge in [-0.3, -0.25) is 0 Å². The zero-order chi connectivity index (χ0) is 9.97. The third-order valence-electron chi connectivity index (χ3n) is 2.87. The molecule has 0 bridgehead atoms. The quantitative estimate of drug-likeness (QED) is 0.641. The molecule has 14 heavy (non-hydrogen) atoms. The van der Waals surface area contributed by atoms with Crippen LogP contribution < -0.4 is 10.6 Å². The van der Waals surface area contributed by atoms with E-state index in [9.17, 15) is 0 Å². The molecule has 3 nitrogen and oxygen atoms in total. The zero-order valence-corrected chi connectivity index (χ0v) is 9.01. The topological polar surface area (TPSA) is 27.3 Å². The van der Waals surface area contributed by atoms with Crippen LogP contribution in [0.1, 0.15) is 13.8 Å². The number of nitrogens with zero attached hydrogens (tertiary/aromatic N) is 1. The normalized spacial score (nSPS) is 27.9. The lowest BCUT2D eigenvalue weighted by Crippen LogP contribution is -2.47. The maximum atomic E-state index is 3.46. The molecule has 0 aromatic carbocycles. The predicted octanol–water partition coefficient (Wildman–Crippen LogP) is 0.671. The molecule has 1 fully saturated rings. The van der Waals surface area contributed by atoms with Crippen LogP contribution in [0.5, 0.6) is 0 Å². The van der Waals surface area contributed by atoms with Crippen LogP contribution in [-0.2, 0) is 0 Å². The van der Waals surface area contributed by atoms with Gasteiger partial charge in [0.05, 0.1) is 6.04 Å². The third-order valence-corrected chi connectivity index (χ3v) is 2.87. The van der Waals surface area contributed by atoms with Crippen LogP contribution >= 0.6 is 0 Å². The van der Waals surface area contributed by atoms with E-state index in [1.807, 2.05) is 0 Å². The lowest BCUT2D eigenvalue weighted by molar-refractivity contribution is 0.278. The van der Waals surface area contributed by atoms with Crippen LogP contribution in [0.2, 0.25) is 0 Å². The van der Waals surface area contributed by atoms with Gasteiger partial charge in [0.15, 0.2) is 0 Å². The molecule has 3 heteroatoms. The molecule has 2 aliphatic heterocycles. The Labute approximate surface area is 85.9 Å². The molecule has 0 amide bonds. The van der Waals surface area contributed by atoms with E-state index in [4.69, 9.17) is 0 Å². The first-order chi connectivity index (χ1) is 6.77. The SMILES string of the molecule is CC1=CC=C(N2CCNCC2)C(C)N1. The van der Waals surface area contributed by atoms with Gasteiger partial charge in [-0.2, -0.15) is 0 Å². The Bertz CT molecular complexity index is 262. The Kier molecular flexibility index (Phi) is 2.77. The first-order valence-electron chi connectivity index (χ1n) is 5.38. The van der Waals surface area contributed by atoms with Gasteiger partial charge in [-0.25, -0.2) is 0 Å². The van der Waals surface area contributed by atoms with E-state index in [2.05, 4.69) is 41.5 Å². The van der Waals surface area contributed by atoms with E-state index in [1.165, 1.54) is 11.4 Å². The summed E-state index contributed by atoms with van der Waals surface area (Å²) in [5, 5.41) is 6.83. The second-order valence-corrected chi connectivity index (χ2v) is 4.04. The predicted molar refractivity (Wildman–Crippen MR) is 58.9 cm³/mol. The van der Waals surface area contributed by atoms with Gasteiger partial charge in [0.1, 0.15) is 0 Å². The minimum absolute atomic E-state index is 0.457. The Morgan fingerprint density at radius 2 is 2.00 bits per heavy atom. The highest BCUT2D eigenvalue weighted by Gasteiger charge is 2.19. The maximum Gasteiger partial charge on any atom is 0.0630 e. The third kappa shape index (κ3) is 1.93. The second kappa shape index (κ2) is 4.05. The summed E-state index contributed by atoms with van der Waals surface area (Å²) < 4.78 is 0. The number of dihydropyridines is 1. The van der Waals surface area contributed by atoms with Crippen molar-refractivity contribution in [3.05, 3.63) is 23.5 Å². The van der Waals surface area contributed by atoms with E-state index in [-0.39, 0.29) is 0 Å². The number of nitrogens with one attached hydrogen (secondary N) is 2. The minimum atomic E-state index is 0.457. The lowest BCUT2D eigenvalue weighted by Gasteiger charge is -2.36. The van der Waals surface area contributed by atoms with Gasteiger partial charge in [0, 0.05) is 37.6 Å². The smallest absolute Gasteiger partial charge is 0.0630 e. The molecular formula is C11H19N3. The van der Waals surface area contributed by atoms with E-state index in [1.54, 1.807) is 0 Å². The summed E-state index contributed by atoms with van der Waals surface area (Å²) in [7, 11) is 0. The van der Waals surface area contributed by atoms with E-state index >= 15 is 0 Å². The fraction of sp³-hybridized carbons (Fsp3) is 0.636. The average Bonchev–Trinajstić information content (AvgIpc) is 2.19. The van der Waals surface area contributed by atoms with Crippen LogP contribution in [0.25, 0.3) is 0 Å². The summed E-state index contributed by atoms with van der Waals surface area (Å²) in [6.07, 6.45) is 4.42. The fourth-order valence-corrected chi connectivity index (χ4v) is 2.12. The van der Waals surface area contributed by atoms with Crippen molar-refractivity contribution in [1.29, 1.82) is 0 Å². The fourth-order valence-electron chi connectivity index (χ4n) is 2.12. The molecule has 0 saturated carbocycles. The molecule has 0 aliphatic carbocycles. The average molecular weight is 193 g/mol. The van der Waals surface area contributed by atoms with Gasteiger partial charge in [-0.1, -0.05) is 0 Å². The molecule has 2 rings (SSSR count). The second-order valence-electron chi connectivity index (χ2n) is 4.04. The minimum Gasteiger partial charge on any atom is -0.381 e. The maximum absolute atomic E-state index is 3.46. The molecule has 2 N–H and O–H groups in total. The summed E-state index contributed by atoms with van der Waals surface area (Å²) >= 11 is 0. The highest BCUT2D eigenvalue weighted by molar-refractivity contribution is 5.25. The van der Waals surface area contributed by atoms with Crippen molar-refractivity contribution in [2.75, 3.05) is 26.2 Å². The summed E-state index contributed by atoms with van der Waals surface area (Å²) in [5.74, 6) is 0. The summed E-state index contributed by atoms with van der Waals surface area (Å²) in [6.45, 7) is 8.81. The van der Waals surface area contributed by atoms with Crippen LogP contribution in [0.4, 0.5) is 0 Å². The highest BCUT2D eigenvalue weighted by Crippen LogP contribution is 2.15. The summed E-state index contributed by atoms with van der Waals surface area (Å²) in [4.78, 5) is 2.47. The number of piperazine rings is 1. The summed E-state index contributed by atoms with van der Waals surface area (Å²) in [6, 6.07) is 0.457. The molecule has 0 spiro atoms. The Balaban J connectivity index is 2.08. The van der Waals surface area contributed by atoms with Crippen LogP contribution in [0.15, 0.2) is 23.5 Å². The number of hydrogen-bond acceptors (Lipinski definition) is 3. The lowest BCUT2D eigenvalue weighted by atomic mass is 10.1. The van der Waals surface area contributed by atoms with Crippen LogP contribution in [0.3, 0.4) is 0 Å².